The molecule has 0 spiro atoms. The van der Waals surface area contributed by atoms with Gasteiger partial charge in [0.2, 0.25) is 0 Å². The molecule has 2 N–H and O–H groups in total. The highest BCUT2D eigenvalue weighted by molar-refractivity contribution is 8.02. The lowest BCUT2D eigenvalue weighted by molar-refractivity contribution is 0.0336. The summed E-state index contributed by atoms with van der Waals surface area (Å²) in [5.41, 5.74) is 1.87. The molecule has 5 nitrogen and oxygen atoms in total. The fourth-order valence-corrected chi connectivity index (χ4v) is 3.16. The molecule has 3 heterocycles. The van der Waals surface area contributed by atoms with Crippen LogP contribution in [0.2, 0.25) is 5.02 Å². The Morgan fingerprint density at radius 1 is 1.50 bits per heavy atom. The van der Waals surface area contributed by atoms with Crippen molar-refractivity contribution in [1.82, 2.24) is 20.4 Å². The van der Waals surface area contributed by atoms with Crippen molar-refractivity contribution in [2.24, 2.45) is 0 Å². The minimum atomic E-state index is 0.132. The first-order chi connectivity index (χ1) is 8.84. The van der Waals surface area contributed by atoms with E-state index in [0.29, 0.717) is 0 Å². The molecule has 0 aromatic carbocycles. The van der Waals surface area contributed by atoms with E-state index in [9.17, 15) is 0 Å². The number of H-pyrrole nitrogens is 1. The number of thioether (sulfide) groups is 1. The average molecular weight is 287 g/mol. The first-order valence-electron chi connectivity index (χ1n) is 5.94. The minimum Gasteiger partial charge on any atom is -0.379 e. The summed E-state index contributed by atoms with van der Waals surface area (Å²) in [7, 11) is 0. The van der Waals surface area contributed by atoms with E-state index in [0.717, 1.165) is 49.3 Å². The lowest BCUT2D eigenvalue weighted by Crippen LogP contribution is -2.35. The van der Waals surface area contributed by atoms with Crippen LogP contribution < -0.4 is 5.32 Å². The fourth-order valence-electron chi connectivity index (χ4n) is 2.07. The molecule has 1 fully saturated rings. The van der Waals surface area contributed by atoms with Gasteiger partial charge in [-0.05, 0) is 5.41 Å². The van der Waals surface area contributed by atoms with Gasteiger partial charge >= 0.3 is 0 Å². The SMILES string of the molecule is Clc1c(C2NC=CS2)n[nH]c1CN1CCOCC1. The van der Waals surface area contributed by atoms with E-state index in [1.165, 1.54) is 0 Å². The molecule has 1 saturated heterocycles. The van der Waals surface area contributed by atoms with E-state index >= 15 is 0 Å². The highest BCUT2D eigenvalue weighted by atomic mass is 35.5. The third-order valence-corrected chi connectivity index (χ3v) is 4.41. The summed E-state index contributed by atoms with van der Waals surface area (Å²) in [6.07, 6.45) is 1.92. The molecule has 18 heavy (non-hydrogen) atoms. The zero-order valence-corrected chi connectivity index (χ0v) is 11.4. The van der Waals surface area contributed by atoms with Gasteiger partial charge in [0, 0.05) is 25.8 Å². The maximum atomic E-state index is 6.39. The van der Waals surface area contributed by atoms with E-state index in [2.05, 4.69) is 20.4 Å². The summed E-state index contributed by atoms with van der Waals surface area (Å²) in [5.74, 6) is 0. The number of aromatic amines is 1. The Morgan fingerprint density at radius 3 is 3.06 bits per heavy atom. The molecule has 7 heteroatoms. The van der Waals surface area contributed by atoms with Gasteiger partial charge in [-0.25, -0.2) is 0 Å². The van der Waals surface area contributed by atoms with Gasteiger partial charge < -0.3 is 10.1 Å². The topological polar surface area (TPSA) is 53.2 Å². The van der Waals surface area contributed by atoms with Crippen LogP contribution in [0, 0.1) is 0 Å². The van der Waals surface area contributed by atoms with Crippen LogP contribution in [-0.2, 0) is 11.3 Å². The number of hydrogen-bond acceptors (Lipinski definition) is 5. The number of rotatable bonds is 3. The van der Waals surface area contributed by atoms with E-state index in [-0.39, 0.29) is 5.37 Å². The molecule has 2 aliphatic rings. The van der Waals surface area contributed by atoms with Crippen LogP contribution in [0.25, 0.3) is 0 Å². The lowest BCUT2D eigenvalue weighted by atomic mass is 10.3. The summed E-state index contributed by atoms with van der Waals surface area (Å²) in [4.78, 5) is 2.32. The second-order valence-corrected chi connectivity index (χ2v) is 5.67. The smallest absolute Gasteiger partial charge is 0.122 e. The van der Waals surface area contributed by atoms with Crippen LogP contribution in [0.4, 0.5) is 0 Å². The van der Waals surface area contributed by atoms with E-state index < -0.39 is 0 Å². The predicted molar refractivity (Wildman–Crippen MR) is 72.3 cm³/mol. The summed E-state index contributed by atoms with van der Waals surface area (Å²) in [6.45, 7) is 4.29. The Labute approximate surface area is 115 Å². The molecule has 1 atom stereocenters. The summed E-state index contributed by atoms with van der Waals surface area (Å²) < 4.78 is 5.33. The van der Waals surface area contributed by atoms with Crippen molar-refractivity contribution in [3.63, 3.8) is 0 Å². The van der Waals surface area contributed by atoms with Crippen LogP contribution in [0.3, 0.4) is 0 Å². The zero-order valence-electron chi connectivity index (χ0n) is 9.86. The van der Waals surface area contributed by atoms with Gasteiger partial charge in [-0.15, -0.1) is 11.8 Å². The number of hydrogen-bond donors (Lipinski definition) is 2. The molecule has 0 radical (unpaired) electrons. The second kappa shape index (κ2) is 5.52. The molecule has 0 saturated carbocycles. The Hall–Kier alpha value is -0.690. The van der Waals surface area contributed by atoms with Crippen molar-refractivity contribution >= 4 is 23.4 Å². The van der Waals surface area contributed by atoms with E-state index in [1.54, 1.807) is 11.8 Å². The van der Waals surface area contributed by atoms with Crippen molar-refractivity contribution in [2.75, 3.05) is 26.3 Å². The molecule has 0 bridgehead atoms. The first kappa shape index (κ1) is 12.3. The highest BCUT2D eigenvalue weighted by Gasteiger charge is 2.23. The molecule has 1 unspecified atom stereocenters. The number of halogens is 1. The van der Waals surface area contributed by atoms with E-state index in [4.69, 9.17) is 16.3 Å². The number of ether oxygens (including phenoxy) is 1. The first-order valence-corrected chi connectivity index (χ1v) is 7.26. The number of aromatic nitrogens is 2. The molecule has 3 rings (SSSR count). The normalized spacial score (nSPS) is 24.4. The van der Waals surface area contributed by atoms with Crippen molar-refractivity contribution in [3.05, 3.63) is 28.0 Å². The van der Waals surface area contributed by atoms with Crippen molar-refractivity contribution in [2.45, 2.75) is 11.9 Å². The quantitative estimate of drug-likeness (QED) is 0.886. The van der Waals surface area contributed by atoms with Crippen molar-refractivity contribution in [3.8, 4) is 0 Å². The zero-order chi connectivity index (χ0) is 12.4. The molecule has 1 aromatic heterocycles. The predicted octanol–water partition coefficient (Wildman–Crippen LogP) is 1.70. The Kier molecular flexibility index (Phi) is 3.79. The largest absolute Gasteiger partial charge is 0.379 e. The van der Waals surface area contributed by atoms with Crippen LogP contribution in [0.15, 0.2) is 11.6 Å². The molecular formula is C11H15ClN4OS. The maximum absolute atomic E-state index is 6.39. The number of nitrogens with zero attached hydrogens (tertiary/aromatic N) is 2. The van der Waals surface area contributed by atoms with Crippen LogP contribution in [0.1, 0.15) is 16.8 Å². The van der Waals surface area contributed by atoms with Gasteiger partial charge in [-0.2, -0.15) is 5.10 Å². The monoisotopic (exact) mass is 286 g/mol. The second-order valence-electron chi connectivity index (χ2n) is 4.28. The third kappa shape index (κ3) is 2.51. The highest BCUT2D eigenvalue weighted by Crippen LogP contribution is 2.35. The van der Waals surface area contributed by atoms with E-state index in [1.807, 2.05) is 11.6 Å². The average Bonchev–Trinajstić information content (AvgIpc) is 3.02. The Morgan fingerprint density at radius 2 is 2.33 bits per heavy atom. The summed E-state index contributed by atoms with van der Waals surface area (Å²) >= 11 is 8.07. The van der Waals surface area contributed by atoms with Crippen molar-refractivity contribution in [1.29, 1.82) is 0 Å². The van der Waals surface area contributed by atoms with Gasteiger partial charge in [0.05, 0.1) is 23.9 Å². The van der Waals surface area contributed by atoms with Gasteiger partial charge in [0.15, 0.2) is 0 Å². The summed E-state index contributed by atoms with van der Waals surface area (Å²) in [5, 5.41) is 13.5. The van der Waals surface area contributed by atoms with Crippen molar-refractivity contribution < 1.29 is 4.74 Å². The van der Waals surface area contributed by atoms with Crippen LogP contribution >= 0.6 is 23.4 Å². The van der Waals surface area contributed by atoms with Gasteiger partial charge in [-0.3, -0.25) is 10.00 Å². The molecular weight excluding hydrogens is 272 g/mol. The standard InChI is InChI=1S/C11H15ClN4OS/c12-9-8(7-16-2-4-17-5-3-16)14-15-10(9)11-13-1-6-18-11/h1,6,11,13H,2-5,7H2,(H,14,15). The lowest BCUT2D eigenvalue weighted by Gasteiger charge is -2.25. The van der Waals surface area contributed by atoms with Crippen LogP contribution in [-0.4, -0.2) is 41.4 Å². The third-order valence-electron chi connectivity index (χ3n) is 3.07. The Bertz CT molecular complexity index is 436. The summed E-state index contributed by atoms with van der Waals surface area (Å²) in [6, 6.07) is 0. The van der Waals surface area contributed by atoms with Gasteiger partial charge in [0.1, 0.15) is 11.1 Å². The Balaban J connectivity index is 1.68. The van der Waals surface area contributed by atoms with Gasteiger partial charge in [0.25, 0.3) is 0 Å². The molecule has 0 amide bonds. The number of morpholine rings is 1. The molecule has 2 aliphatic heterocycles. The fraction of sp³-hybridized carbons (Fsp3) is 0.545. The number of nitrogens with one attached hydrogen (secondary N) is 2. The van der Waals surface area contributed by atoms with Crippen LogP contribution in [0.5, 0.6) is 0 Å². The minimum absolute atomic E-state index is 0.132. The maximum Gasteiger partial charge on any atom is 0.122 e. The molecule has 98 valence electrons. The molecule has 1 aromatic rings. The molecule has 0 aliphatic carbocycles. The van der Waals surface area contributed by atoms with Gasteiger partial charge in [-0.1, -0.05) is 11.6 Å².